The molecule has 0 saturated heterocycles. The Morgan fingerprint density at radius 2 is 0.792 bits per heavy atom. The Labute approximate surface area is 327 Å². The van der Waals surface area contributed by atoms with Crippen molar-refractivity contribution in [3.63, 3.8) is 0 Å². The third kappa shape index (κ3) is 43.6. The van der Waals surface area contributed by atoms with E-state index < -0.39 is 32.5 Å². The number of carbonyl (C=O) groups excluding carboxylic acids is 2. The van der Waals surface area contributed by atoms with E-state index in [0.29, 0.717) is 6.42 Å². The highest BCUT2D eigenvalue weighted by molar-refractivity contribution is 7.46. The molecular weight excluding hydrogens is 687 g/mol. The Hall–Kier alpha value is -0.950. The number of esters is 2. The number of phosphoric ester groups is 1. The highest BCUT2D eigenvalue weighted by Gasteiger charge is 2.23. The SMILES string of the molecule is CCCCCCCCCCCCCCCCCCCC(=O)O[C@H](COC(=O)CCCCCCCCCCCCCCCCCC(C)C)COP(=O)(O)O. The predicted molar refractivity (Wildman–Crippen MR) is 221 cm³/mol. The van der Waals surface area contributed by atoms with Crippen LogP contribution in [0, 0.1) is 5.92 Å². The van der Waals surface area contributed by atoms with Gasteiger partial charge in [0.15, 0.2) is 6.10 Å². The Kier molecular flexibility index (Phi) is 38.6. The minimum absolute atomic E-state index is 0.220. The summed E-state index contributed by atoms with van der Waals surface area (Å²) in [5.41, 5.74) is 0. The number of rotatable bonds is 42. The van der Waals surface area contributed by atoms with Crippen molar-refractivity contribution in [1.82, 2.24) is 0 Å². The van der Waals surface area contributed by atoms with E-state index in [1.54, 1.807) is 0 Å². The van der Waals surface area contributed by atoms with Crippen LogP contribution >= 0.6 is 7.82 Å². The molecule has 0 fully saturated rings. The summed E-state index contributed by atoms with van der Waals surface area (Å²) in [6.45, 7) is 6.08. The van der Waals surface area contributed by atoms with Gasteiger partial charge in [0.1, 0.15) is 6.61 Å². The fourth-order valence-corrected chi connectivity index (χ4v) is 7.27. The zero-order valence-corrected chi connectivity index (χ0v) is 36.0. The fourth-order valence-electron chi connectivity index (χ4n) is 6.91. The number of hydrogen-bond acceptors (Lipinski definition) is 6. The molecule has 0 aliphatic heterocycles. The van der Waals surface area contributed by atoms with Gasteiger partial charge in [-0.2, -0.15) is 0 Å². The zero-order valence-electron chi connectivity index (χ0n) is 35.1. The van der Waals surface area contributed by atoms with Gasteiger partial charge in [-0.1, -0.05) is 220 Å². The molecule has 53 heavy (non-hydrogen) atoms. The first-order chi connectivity index (χ1) is 25.6. The summed E-state index contributed by atoms with van der Waals surface area (Å²) in [7, 11) is -4.75. The predicted octanol–water partition coefficient (Wildman–Crippen LogP) is 13.9. The molecule has 0 aromatic carbocycles. The van der Waals surface area contributed by atoms with Crippen molar-refractivity contribution in [3.8, 4) is 0 Å². The molecule has 0 heterocycles. The van der Waals surface area contributed by atoms with Gasteiger partial charge in [0.05, 0.1) is 6.61 Å². The van der Waals surface area contributed by atoms with Crippen LogP contribution in [0.3, 0.4) is 0 Å². The summed E-state index contributed by atoms with van der Waals surface area (Å²) in [5.74, 6) is -0.0273. The first-order valence-electron chi connectivity index (χ1n) is 22.7. The number of phosphoric acid groups is 1. The standard InChI is InChI=1S/C44H87O8P/c1-4-5-6-7-8-9-10-11-12-13-16-20-23-26-29-32-35-38-44(46)52-42(40-51-53(47,48)49)39-50-43(45)37-34-31-28-25-22-19-17-14-15-18-21-24-27-30-33-36-41(2)3/h41-42H,4-40H2,1-3H3,(H2,47,48,49)/t42-/m1/s1. The summed E-state index contributed by atoms with van der Waals surface area (Å²) in [6.07, 6.45) is 41.1. The number of hydrogen-bond donors (Lipinski definition) is 2. The van der Waals surface area contributed by atoms with Crippen LogP contribution in [0.4, 0.5) is 0 Å². The monoisotopic (exact) mass is 775 g/mol. The van der Waals surface area contributed by atoms with Crippen molar-refractivity contribution < 1.29 is 37.9 Å². The lowest BCUT2D eigenvalue weighted by molar-refractivity contribution is -0.161. The van der Waals surface area contributed by atoms with E-state index in [1.165, 1.54) is 173 Å². The molecule has 0 bridgehead atoms. The molecule has 2 N–H and O–H groups in total. The smallest absolute Gasteiger partial charge is 0.462 e. The van der Waals surface area contributed by atoms with E-state index >= 15 is 0 Å². The molecule has 0 aliphatic carbocycles. The van der Waals surface area contributed by atoms with Gasteiger partial charge in [-0.25, -0.2) is 4.57 Å². The molecule has 9 heteroatoms. The maximum Gasteiger partial charge on any atom is 0.469 e. The molecule has 0 saturated carbocycles. The van der Waals surface area contributed by atoms with Crippen LogP contribution in [0.2, 0.25) is 0 Å². The maximum absolute atomic E-state index is 12.4. The van der Waals surface area contributed by atoms with Gasteiger partial charge in [0.25, 0.3) is 0 Å². The van der Waals surface area contributed by atoms with Gasteiger partial charge in [-0.15, -0.1) is 0 Å². The van der Waals surface area contributed by atoms with Crippen molar-refractivity contribution in [3.05, 3.63) is 0 Å². The van der Waals surface area contributed by atoms with Gasteiger partial charge in [-0.05, 0) is 18.8 Å². The Bertz CT molecular complexity index is 845. The number of carbonyl (C=O) groups is 2. The van der Waals surface area contributed by atoms with Crippen LogP contribution in [0.25, 0.3) is 0 Å². The van der Waals surface area contributed by atoms with Crippen LogP contribution in [0.5, 0.6) is 0 Å². The normalized spacial score (nSPS) is 12.4. The Balaban J connectivity index is 3.82. The van der Waals surface area contributed by atoms with E-state index in [0.717, 1.165) is 38.0 Å². The molecular formula is C44H87O8P. The van der Waals surface area contributed by atoms with Crippen LogP contribution in [0.15, 0.2) is 0 Å². The Morgan fingerprint density at radius 1 is 0.472 bits per heavy atom. The van der Waals surface area contributed by atoms with Crippen molar-refractivity contribution in [1.29, 1.82) is 0 Å². The summed E-state index contributed by atoms with van der Waals surface area (Å²) in [5, 5.41) is 0. The molecule has 0 rings (SSSR count). The van der Waals surface area contributed by atoms with Gasteiger partial charge in [0, 0.05) is 12.8 Å². The molecule has 0 amide bonds. The summed E-state index contributed by atoms with van der Waals surface area (Å²) >= 11 is 0. The maximum atomic E-state index is 12.4. The first-order valence-corrected chi connectivity index (χ1v) is 24.2. The van der Waals surface area contributed by atoms with E-state index in [1.807, 2.05) is 0 Å². The second-order valence-electron chi connectivity index (χ2n) is 16.2. The van der Waals surface area contributed by atoms with E-state index in [2.05, 4.69) is 25.3 Å². The van der Waals surface area contributed by atoms with Crippen molar-refractivity contribution in [2.24, 2.45) is 5.92 Å². The van der Waals surface area contributed by atoms with Crippen molar-refractivity contribution >= 4 is 19.8 Å². The lowest BCUT2D eigenvalue weighted by atomic mass is 10.0. The van der Waals surface area contributed by atoms with Gasteiger partial charge >= 0.3 is 19.8 Å². The average Bonchev–Trinajstić information content (AvgIpc) is 3.11. The van der Waals surface area contributed by atoms with E-state index in [-0.39, 0.29) is 19.4 Å². The van der Waals surface area contributed by atoms with Crippen LogP contribution < -0.4 is 0 Å². The quantitative estimate of drug-likeness (QED) is 0.0357. The lowest BCUT2D eigenvalue weighted by Crippen LogP contribution is -2.29. The van der Waals surface area contributed by atoms with Crippen LogP contribution in [0.1, 0.15) is 245 Å². The second kappa shape index (κ2) is 39.3. The van der Waals surface area contributed by atoms with E-state index in [4.69, 9.17) is 19.3 Å². The number of unbranched alkanes of at least 4 members (excludes halogenated alkanes) is 30. The Morgan fingerprint density at radius 3 is 1.13 bits per heavy atom. The fraction of sp³-hybridized carbons (Fsp3) is 0.955. The van der Waals surface area contributed by atoms with Crippen LogP contribution in [-0.2, 0) is 28.2 Å². The first kappa shape index (κ1) is 52.0. The molecule has 316 valence electrons. The molecule has 0 aliphatic rings. The molecule has 0 aromatic rings. The van der Waals surface area contributed by atoms with Gasteiger partial charge < -0.3 is 19.3 Å². The van der Waals surface area contributed by atoms with Gasteiger partial charge in [-0.3, -0.25) is 14.1 Å². The highest BCUT2D eigenvalue weighted by atomic mass is 31.2. The van der Waals surface area contributed by atoms with E-state index in [9.17, 15) is 14.2 Å². The van der Waals surface area contributed by atoms with Gasteiger partial charge in [0.2, 0.25) is 0 Å². The third-order valence-electron chi connectivity index (χ3n) is 10.3. The minimum atomic E-state index is -4.75. The summed E-state index contributed by atoms with van der Waals surface area (Å²) in [4.78, 5) is 42.9. The van der Waals surface area contributed by atoms with Crippen LogP contribution in [-0.4, -0.2) is 41.0 Å². The summed E-state index contributed by atoms with van der Waals surface area (Å²) in [6, 6.07) is 0. The number of ether oxygens (including phenoxy) is 2. The third-order valence-corrected chi connectivity index (χ3v) is 10.8. The zero-order chi connectivity index (χ0) is 39.1. The average molecular weight is 775 g/mol. The second-order valence-corrected chi connectivity index (χ2v) is 17.5. The molecule has 0 radical (unpaired) electrons. The largest absolute Gasteiger partial charge is 0.469 e. The molecule has 0 spiro atoms. The highest BCUT2D eigenvalue weighted by Crippen LogP contribution is 2.36. The molecule has 0 unspecified atom stereocenters. The summed E-state index contributed by atoms with van der Waals surface area (Å²) < 4.78 is 26.5. The molecule has 0 aromatic heterocycles. The minimum Gasteiger partial charge on any atom is -0.462 e. The molecule has 8 nitrogen and oxygen atoms in total. The van der Waals surface area contributed by atoms with Crippen molar-refractivity contribution in [2.75, 3.05) is 13.2 Å². The topological polar surface area (TPSA) is 119 Å². The molecule has 1 atom stereocenters. The lowest BCUT2D eigenvalue weighted by Gasteiger charge is -2.18. The van der Waals surface area contributed by atoms with Crippen molar-refractivity contribution in [2.45, 2.75) is 252 Å².